The zero-order valence-corrected chi connectivity index (χ0v) is 14.1. The first-order chi connectivity index (χ1) is 12.7. The van der Waals surface area contributed by atoms with E-state index in [9.17, 15) is 9.90 Å². The average Bonchev–Trinajstić information content (AvgIpc) is 2.89. The number of carbonyl (C=O) groups is 1. The van der Waals surface area contributed by atoms with E-state index in [0.29, 0.717) is 11.4 Å². The van der Waals surface area contributed by atoms with Crippen molar-refractivity contribution in [2.75, 3.05) is 6.54 Å². The molecule has 0 saturated heterocycles. The standard InChI is InChI=1S/C20H18N4O2/c25-19-8-12-23(20(26)17-5-9-21-14-22-17)11-7-18(19)24-10-6-15-3-1-2-4-16(15)13-24/h1-5,7-9,11-12,14,25H,6,10,13H2. The van der Waals surface area contributed by atoms with Crippen LogP contribution < -0.4 is 0 Å². The largest absolute Gasteiger partial charge is 0.506 e. The van der Waals surface area contributed by atoms with E-state index in [1.807, 2.05) is 6.07 Å². The maximum Gasteiger partial charge on any atom is 0.280 e. The first kappa shape index (κ1) is 16.1. The molecule has 0 atom stereocenters. The van der Waals surface area contributed by atoms with Crippen molar-refractivity contribution in [3.05, 3.63) is 95.7 Å². The molecule has 6 nitrogen and oxygen atoms in total. The van der Waals surface area contributed by atoms with E-state index in [1.165, 1.54) is 34.6 Å². The van der Waals surface area contributed by atoms with Gasteiger partial charge in [0.1, 0.15) is 17.8 Å². The number of fused-ring (bicyclic) bond motifs is 1. The molecule has 4 rings (SSSR count). The van der Waals surface area contributed by atoms with Crippen molar-refractivity contribution >= 4 is 5.91 Å². The highest BCUT2D eigenvalue weighted by Gasteiger charge is 2.21. The lowest BCUT2D eigenvalue weighted by molar-refractivity contribution is 0.0864. The van der Waals surface area contributed by atoms with Gasteiger partial charge in [0.15, 0.2) is 0 Å². The van der Waals surface area contributed by atoms with Gasteiger partial charge < -0.3 is 10.0 Å². The Balaban J connectivity index is 1.56. The second kappa shape index (κ2) is 6.84. The van der Waals surface area contributed by atoms with Gasteiger partial charge in [0.25, 0.3) is 5.91 Å². The summed E-state index contributed by atoms with van der Waals surface area (Å²) in [6.45, 7) is 1.54. The highest BCUT2D eigenvalue weighted by Crippen LogP contribution is 2.25. The third-order valence-electron chi connectivity index (χ3n) is 4.56. The number of hydrogen-bond donors (Lipinski definition) is 1. The van der Waals surface area contributed by atoms with Gasteiger partial charge in [0.2, 0.25) is 0 Å². The third kappa shape index (κ3) is 3.09. The van der Waals surface area contributed by atoms with Crippen LogP contribution in [0.5, 0.6) is 0 Å². The Hall–Kier alpha value is -3.41. The van der Waals surface area contributed by atoms with Crippen LogP contribution in [0.4, 0.5) is 0 Å². The number of amides is 1. The molecule has 2 aliphatic heterocycles. The first-order valence-corrected chi connectivity index (χ1v) is 8.42. The Morgan fingerprint density at radius 1 is 1.08 bits per heavy atom. The predicted octanol–water partition coefficient (Wildman–Crippen LogP) is 2.79. The van der Waals surface area contributed by atoms with E-state index in [-0.39, 0.29) is 11.7 Å². The lowest BCUT2D eigenvalue weighted by Gasteiger charge is -2.31. The van der Waals surface area contributed by atoms with E-state index in [2.05, 4.69) is 33.1 Å². The Labute approximate surface area is 151 Å². The fraction of sp³-hybridized carbons (Fsp3) is 0.150. The summed E-state index contributed by atoms with van der Waals surface area (Å²) in [6, 6.07) is 9.90. The molecule has 26 heavy (non-hydrogen) atoms. The molecule has 0 aliphatic carbocycles. The van der Waals surface area contributed by atoms with Gasteiger partial charge in [0, 0.05) is 31.7 Å². The van der Waals surface area contributed by atoms with Crippen molar-refractivity contribution in [2.45, 2.75) is 13.0 Å². The van der Waals surface area contributed by atoms with Crippen LogP contribution in [0.2, 0.25) is 0 Å². The second-order valence-corrected chi connectivity index (χ2v) is 6.15. The highest BCUT2D eigenvalue weighted by atomic mass is 16.3. The smallest absolute Gasteiger partial charge is 0.280 e. The van der Waals surface area contributed by atoms with Crippen molar-refractivity contribution in [2.24, 2.45) is 0 Å². The van der Waals surface area contributed by atoms with Crippen molar-refractivity contribution in [1.82, 2.24) is 19.8 Å². The van der Waals surface area contributed by atoms with Crippen LogP contribution in [-0.2, 0) is 13.0 Å². The topological polar surface area (TPSA) is 69.6 Å². The van der Waals surface area contributed by atoms with Crippen LogP contribution in [0, 0.1) is 0 Å². The van der Waals surface area contributed by atoms with Gasteiger partial charge in [-0.2, -0.15) is 0 Å². The molecule has 0 radical (unpaired) electrons. The first-order valence-electron chi connectivity index (χ1n) is 8.42. The molecular weight excluding hydrogens is 328 g/mol. The Morgan fingerprint density at radius 2 is 1.88 bits per heavy atom. The number of aromatic nitrogens is 2. The van der Waals surface area contributed by atoms with Crippen LogP contribution in [0.1, 0.15) is 21.6 Å². The van der Waals surface area contributed by atoms with Crippen LogP contribution in [0.15, 0.2) is 78.9 Å². The molecule has 1 aromatic carbocycles. The minimum atomic E-state index is -0.280. The molecule has 0 unspecified atom stereocenters. The summed E-state index contributed by atoms with van der Waals surface area (Å²) in [6.07, 6.45) is 10.3. The van der Waals surface area contributed by atoms with Crippen LogP contribution >= 0.6 is 0 Å². The van der Waals surface area contributed by atoms with Crippen molar-refractivity contribution in [3.63, 3.8) is 0 Å². The summed E-state index contributed by atoms with van der Waals surface area (Å²) in [7, 11) is 0. The lowest BCUT2D eigenvalue weighted by atomic mass is 9.99. The molecule has 2 aliphatic rings. The van der Waals surface area contributed by atoms with Gasteiger partial charge >= 0.3 is 0 Å². The zero-order chi connectivity index (χ0) is 17.9. The van der Waals surface area contributed by atoms with Crippen molar-refractivity contribution < 1.29 is 9.90 Å². The van der Waals surface area contributed by atoms with E-state index in [4.69, 9.17) is 0 Å². The Morgan fingerprint density at radius 3 is 2.69 bits per heavy atom. The number of carbonyl (C=O) groups excluding carboxylic acids is 1. The molecule has 3 heterocycles. The number of nitrogens with zero attached hydrogens (tertiary/aromatic N) is 4. The average molecular weight is 346 g/mol. The lowest BCUT2D eigenvalue weighted by Crippen LogP contribution is -2.30. The third-order valence-corrected chi connectivity index (χ3v) is 4.56. The molecule has 2 aromatic rings. The number of aliphatic hydroxyl groups excluding tert-OH is 1. The van der Waals surface area contributed by atoms with Gasteiger partial charge in [-0.25, -0.2) is 9.97 Å². The second-order valence-electron chi connectivity index (χ2n) is 6.15. The number of allylic oxidation sites excluding steroid dienone is 2. The Bertz CT molecular complexity index is 918. The van der Waals surface area contributed by atoms with Gasteiger partial charge in [-0.15, -0.1) is 0 Å². The van der Waals surface area contributed by atoms with E-state index in [1.54, 1.807) is 24.5 Å². The Kier molecular flexibility index (Phi) is 4.23. The van der Waals surface area contributed by atoms with E-state index in [0.717, 1.165) is 19.5 Å². The number of aliphatic hydroxyl groups is 1. The van der Waals surface area contributed by atoms with E-state index >= 15 is 0 Å². The summed E-state index contributed by atoms with van der Waals surface area (Å²) >= 11 is 0. The van der Waals surface area contributed by atoms with E-state index < -0.39 is 0 Å². The zero-order valence-electron chi connectivity index (χ0n) is 14.1. The molecule has 6 heteroatoms. The molecule has 1 N–H and O–H groups in total. The van der Waals surface area contributed by atoms with Crippen molar-refractivity contribution in [1.29, 1.82) is 0 Å². The van der Waals surface area contributed by atoms with Crippen LogP contribution in [0.25, 0.3) is 0 Å². The minimum Gasteiger partial charge on any atom is -0.506 e. The highest BCUT2D eigenvalue weighted by molar-refractivity contribution is 5.93. The summed E-state index contributed by atoms with van der Waals surface area (Å²) < 4.78 is 0. The quantitative estimate of drug-likeness (QED) is 0.905. The number of rotatable bonds is 2. The number of benzene rings is 1. The SMILES string of the molecule is O=C(c1ccncn1)N1C=CC(O)=C(N2CCc3ccccc3C2)C=C1. The monoisotopic (exact) mass is 346 g/mol. The van der Waals surface area contributed by atoms with Crippen molar-refractivity contribution in [3.8, 4) is 0 Å². The molecular formula is C20H18N4O2. The number of hydrogen-bond acceptors (Lipinski definition) is 5. The van der Waals surface area contributed by atoms with Crippen LogP contribution in [-0.4, -0.2) is 37.3 Å². The molecule has 0 spiro atoms. The summed E-state index contributed by atoms with van der Waals surface area (Å²) in [5.41, 5.74) is 3.60. The minimum absolute atomic E-state index is 0.138. The fourth-order valence-electron chi connectivity index (χ4n) is 3.18. The van der Waals surface area contributed by atoms with Gasteiger partial charge in [-0.1, -0.05) is 24.3 Å². The summed E-state index contributed by atoms with van der Waals surface area (Å²) in [5.74, 6) is -0.142. The molecule has 0 fully saturated rings. The maximum atomic E-state index is 12.5. The van der Waals surface area contributed by atoms with Gasteiger partial charge in [-0.05, 0) is 35.8 Å². The molecule has 0 saturated carbocycles. The van der Waals surface area contributed by atoms with Gasteiger partial charge in [0.05, 0.1) is 5.70 Å². The summed E-state index contributed by atoms with van der Waals surface area (Å²) in [5, 5.41) is 10.5. The normalized spacial score (nSPS) is 16.5. The maximum absolute atomic E-state index is 12.5. The summed E-state index contributed by atoms with van der Waals surface area (Å²) in [4.78, 5) is 23.9. The molecule has 0 bridgehead atoms. The predicted molar refractivity (Wildman–Crippen MR) is 96.7 cm³/mol. The van der Waals surface area contributed by atoms with Gasteiger partial charge in [-0.3, -0.25) is 9.69 Å². The van der Waals surface area contributed by atoms with Crippen LogP contribution in [0.3, 0.4) is 0 Å². The molecule has 1 amide bonds. The fourth-order valence-corrected chi connectivity index (χ4v) is 3.18. The molecule has 130 valence electrons. The molecule has 1 aromatic heterocycles.